The molecule has 2 aromatic rings. The minimum atomic E-state index is -0.0101. The summed E-state index contributed by atoms with van der Waals surface area (Å²) in [7, 11) is 1.94. The van der Waals surface area contributed by atoms with E-state index in [2.05, 4.69) is 27.3 Å². The maximum Gasteiger partial charge on any atom is 0.251 e. The number of imidazole rings is 1. The molecule has 4 rings (SSSR count). The molecule has 1 amide bonds. The SMILES string of the molecule is Cn1cncc1CNC(=O)c1ccc2c(c1)CCN(C1CCC1)CC2. The summed E-state index contributed by atoms with van der Waals surface area (Å²) in [6.45, 7) is 2.78. The fourth-order valence-electron chi connectivity index (χ4n) is 3.83. The second-order valence-electron chi connectivity index (χ2n) is 7.28. The maximum absolute atomic E-state index is 12.5. The lowest BCUT2D eigenvalue weighted by Crippen LogP contribution is -2.41. The molecule has 1 aliphatic carbocycles. The number of fused-ring (bicyclic) bond motifs is 1. The first-order chi connectivity index (χ1) is 12.2. The zero-order chi connectivity index (χ0) is 17.2. The lowest BCUT2D eigenvalue weighted by molar-refractivity contribution is 0.0950. The first kappa shape index (κ1) is 16.3. The molecule has 2 heterocycles. The third-order valence-corrected chi connectivity index (χ3v) is 5.74. The van der Waals surface area contributed by atoms with Crippen molar-refractivity contribution in [2.45, 2.75) is 44.7 Å². The molecule has 0 bridgehead atoms. The highest BCUT2D eigenvalue weighted by Gasteiger charge is 2.26. The van der Waals surface area contributed by atoms with Gasteiger partial charge in [-0.25, -0.2) is 4.98 Å². The molecule has 5 heteroatoms. The van der Waals surface area contributed by atoms with E-state index in [-0.39, 0.29) is 5.91 Å². The highest BCUT2D eigenvalue weighted by molar-refractivity contribution is 5.94. The van der Waals surface area contributed by atoms with Gasteiger partial charge in [0.05, 0.1) is 18.6 Å². The van der Waals surface area contributed by atoms with E-state index in [1.165, 1.54) is 30.4 Å². The Morgan fingerprint density at radius 2 is 2.04 bits per heavy atom. The molecule has 0 radical (unpaired) electrons. The lowest BCUT2D eigenvalue weighted by atomic mass is 9.91. The van der Waals surface area contributed by atoms with Gasteiger partial charge in [-0.2, -0.15) is 0 Å². The number of aryl methyl sites for hydroxylation is 1. The van der Waals surface area contributed by atoms with Crippen LogP contribution in [-0.2, 0) is 26.4 Å². The molecule has 0 atom stereocenters. The molecule has 1 aromatic heterocycles. The minimum Gasteiger partial charge on any atom is -0.346 e. The van der Waals surface area contributed by atoms with Crippen molar-refractivity contribution < 1.29 is 4.79 Å². The molecule has 5 nitrogen and oxygen atoms in total. The van der Waals surface area contributed by atoms with E-state index < -0.39 is 0 Å². The van der Waals surface area contributed by atoms with Gasteiger partial charge in [-0.1, -0.05) is 12.5 Å². The molecule has 1 aromatic carbocycles. The molecule has 1 N–H and O–H groups in total. The smallest absolute Gasteiger partial charge is 0.251 e. The van der Waals surface area contributed by atoms with Gasteiger partial charge in [0.25, 0.3) is 5.91 Å². The Labute approximate surface area is 149 Å². The summed E-state index contributed by atoms with van der Waals surface area (Å²) in [6.07, 6.45) is 9.78. The van der Waals surface area contributed by atoms with Crippen molar-refractivity contribution in [3.8, 4) is 0 Å². The van der Waals surface area contributed by atoms with E-state index >= 15 is 0 Å². The molecule has 2 aliphatic rings. The molecule has 1 saturated carbocycles. The molecule has 1 aliphatic heterocycles. The van der Waals surface area contributed by atoms with E-state index in [1.807, 2.05) is 17.7 Å². The van der Waals surface area contributed by atoms with Crippen molar-refractivity contribution in [3.63, 3.8) is 0 Å². The van der Waals surface area contributed by atoms with E-state index in [0.717, 1.165) is 43.2 Å². The van der Waals surface area contributed by atoms with Crippen molar-refractivity contribution in [2.24, 2.45) is 7.05 Å². The first-order valence-electron chi connectivity index (χ1n) is 9.30. The summed E-state index contributed by atoms with van der Waals surface area (Å²) in [5.41, 5.74) is 4.51. The van der Waals surface area contributed by atoms with Crippen LogP contribution in [0.15, 0.2) is 30.7 Å². The van der Waals surface area contributed by atoms with Crippen LogP contribution in [0.25, 0.3) is 0 Å². The Bertz CT molecular complexity index is 763. The summed E-state index contributed by atoms with van der Waals surface area (Å²) < 4.78 is 1.92. The van der Waals surface area contributed by atoms with Gasteiger partial charge >= 0.3 is 0 Å². The summed E-state index contributed by atoms with van der Waals surface area (Å²) in [5.74, 6) is -0.0101. The molecule has 0 saturated heterocycles. The normalized spacial score (nSPS) is 18.3. The molecule has 25 heavy (non-hydrogen) atoms. The summed E-state index contributed by atoms with van der Waals surface area (Å²) in [5, 5.41) is 3.00. The van der Waals surface area contributed by atoms with Gasteiger partial charge in [0.15, 0.2) is 0 Å². The summed E-state index contributed by atoms with van der Waals surface area (Å²) in [4.78, 5) is 19.2. The van der Waals surface area contributed by atoms with E-state index in [0.29, 0.717) is 6.54 Å². The summed E-state index contributed by atoms with van der Waals surface area (Å²) in [6, 6.07) is 7.02. The van der Waals surface area contributed by atoms with Crippen LogP contribution in [0.3, 0.4) is 0 Å². The van der Waals surface area contributed by atoms with E-state index in [4.69, 9.17) is 0 Å². The van der Waals surface area contributed by atoms with E-state index in [1.54, 1.807) is 12.5 Å². The number of aromatic nitrogens is 2. The number of nitrogens with one attached hydrogen (secondary N) is 1. The molecule has 132 valence electrons. The number of benzene rings is 1. The second-order valence-corrected chi connectivity index (χ2v) is 7.28. The maximum atomic E-state index is 12.5. The average Bonchev–Trinajstić information content (AvgIpc) is 2.87. The Morgan fingerprint density at radius 1 is 1.24 bits per heavy atom. The van der Waals surface area contributed by atoms with Crippen LogP contribution >= 0.6 is 0 Å². The van der Waals surface area contributed by atoms with Gasteiger partial charge in [0.2, 0.25) is 0 Å². The molecule has 0 unspecified atom stereocenters. The molecular formula is C20H26N4O. The molecular weight excluding hydrogens is 312 g/mol. The third kappa shape index (κ3) is 3.47. The number of carbonyl (C=O) groups is 1. The van der Waals surface area contributed by atoms with Crippen molar-refractivity contribution in [2.75, 3.05) is 13.1 Å². The fraction of sp³-hybridized carbons (Fsp3) is 0.500. The highest BCUT2D eigenvalue weighted by atomic mass is 16.1. The van der Waals surface area contributed by atoms with Crippen LogP contribution in [0, 0.1) is 0 Å². The van der Waals surface area contributed by atoms with Gasteiger partial charge < -0.3 is 9.88 Å². The lowest BCUT2D eigenvalue weighted by Gasteiger charge is -2.36. The molecule has 0 spiro atoms. The number of nitrogens with zero attached hydrogens (tertiary/aromatic N) is 3. The van der Waals surface area contributed by atoms with Crippen LogP contribution in [0.2, 0.25) is 0 Å². The van der Waals surface area contributed by atoms with Crippen LogP contribution in [0.1, 0.15) is 46.4 Å². The van der Waals surface area contributed by atoms with Gasteiger partial charge in [-0.3, -0.25) is 9.69 Å². The Morgan fingerprint density at radius 3 is 2.72 bits per heavy atom. The molecule has 1 fully saturated rings. The van der Waals surface area contributed by atoms with Crippen molar-refractivity contribution in [1.29, 1.82) is 0 Å². The summed E-state index contributed by atoms with van der Waals surface area (Å²) >= 11 is 0. The quantitative estimate of drug-likeness (QED) is 0.931. The van der Waals surface area contributed by atoms with Crippen molar-refractivity contribution >= 4 is 5.91 Å². The van der Waals surface area contributed by atoms with Crippen LogP contribution in [0.4, 0.5) is 0 Å². The monoisotopic (exact) mass is 338 g/mol. The van der Waals surface area contributed by atoms with Gasteiger partial charge in [0, 0.05) is 37.9 Å². The second kappa shape index (κ2) is 7.00. The number of hydrogen-bond donors (Lipinski definition) is 1. The number of rotatable bonds is 4. The topological polar surface area (TPSA) is 50.2 Å². The van der Waals surface area contributed by atoms with Crippen molar-refractivity contribution in [3.05, 3.63) is 53.1 Å². The Hall–Kier alpha value is -2.14. The van der Waals surface area contributed by atoms with Crippen LogP contribution < -0.4 is 5.32 Å². The van der Waals surface area contributed by atoms with Gasteiger partial charge in [-0.05, 0) is 48.9 Å². The largest absolute Gasteiger partial charge is 0.346 e. The number of hydrogen-bond acceptors (Lipinski definition) is 3. The standard InChI is InChI=1S/C20H26N4O/c1-23-14-21-12-19(23)13-22-20(25)17-6-5-15-7-9-24(18-3-2-4-18)10-8-16(15)11-17/h5-6,11-12,14,18H,2-4,7-10,13H2,1H3,(H,22,25). The predicted octanol–water partition coefficient (Wildman–Crippen LogP) is 2.30. The zero-order valence-electron chi connectivity index (χ0n) is 14.9. The number of amides is 1. The Balaban J connectivity index is 1.41. The number of carbonyl (C=O) groups excluding carboxylic acids is 1. The first-order valence-corrected chi connectivity index (χ1v) is 9.30. The Kier molecular flexibility index (Phi) is 4.57. The average molecular weight is 338 g/mol. The van der Waals surface area contributed by atoms with Gasteiger partial charge in [-0.15, -0.1) is 0 Å². The zero-order valence-corrected chi connectivity index (χ0v) is 14.9. The van der Waals surface area contributed by atoms with Crippen molar-refractivity contribution in [1.82, 2.24) is 19.8 Å². The van der Waals surface area contributed by atoms with Crippen LogP contribution in [0.5, 0.6) is 0 Å². The predicted molar refractivity (Wildman–Crippen MR) is 97.4 cm³/mol. The van der Waals surface area contributed by atoms with E-state index in [9.17, 15) is 4.79 Å². The minimum absolute atomic E-state index is 0.0101. The van der Waals surface area contributed by atoms with Gasteiger partial charge in [0.1, 0.15) is 0 Å². The fourth-order valence-corrected chi connectivity index (χ4v) is 3.83. The highest BCUT2D eigenvalue weighted by Crippen LogP contribution is 2.27. The van der Waals surface area contributed by atoms with Crippen LogP contribution in [-0.4, -0.2) is 39.5 Å². The third-order valence-electron chi connectivity index (χ3n) is 5.74.